The minimum atomic E-state index is -0.207. The highest BCUT2D eigenvalue weighted by atomic mass is 19.1. The summed E-state index contributed by atoms with van der Waals surface area (Å²) in [7, 11) is 0. The van der Waals surface area contributed by atoms with Crippen molar-refractivity contribution < 1.29 is 9.13 Å². The van der Waals surface area contributed by atoms with E-state index in [2.05, 4.69) is 24.4 Å². The first-order valence-corrected chi connectivity index (χ1v) is 7.49. The third-order valence-electron chi connectivity index (χ3n) is 3.90. The van der Waals surface area contributed by atoms with E-state index in [-0.39, 0.29) is 18.0 Å². The second-order valence-electron chi connectivity index (χ2n) is 5.46. The molecule has 2 aromatic rings. The van der Waals surface area contributed by atoms with Crippen molar-refractivity contribution in [1.29, 1.82) is 0 Å². The summed E-state index contributed by atoms with van der Waals surface area (Å²) >= 11 is 0. The average molecular weight is 285 g/mol. The Labute approximate surface area is 125 Å². The summed E-state index contributed by atoms with van der Waals surface area (Å²) in [6, 6.07) is 15.3. The monoisotopic (exact) mass is 285 g/mol. The SMILES string of the molecule is CCNC1CC(Cc2ccccc2)Oc2ccc(F)cc21. The lowest BCUT2D eigenvalue weighted by Crippen LogP contribution is -2.34. The molecule has 0 aromatic heterocycles. The molecule has 1 heterocycles. The van der Waals surface area contributed by atoms with E-state index in [0.717, 1.165) is 30.7 Å². The van der Waals surface area contributed by atoms with E-state index in [1.54, 1.807) is 12.1 Å². The maximum absolute atomic E-state index is 13.5. The van der Waals surface area contributed by atoms with E-state index in [4.69, 9.17) is 4.74 Å². The van der Waals surface area contributed by atoms with Gasteiger partial charge in [0, 0.05) is 24.4 Å². The van der Waals surface area contributed by atoms with Crippen LogP contribution in [0.25, 0.3) is 0 Å². The smallest absolute Gasteiger partial charge is 0.124 e. The van der Waals surface area contributed by atoms with Crippen LogP contribution in [-0.4, -0.2) is 12.6 Å². The van der Waals surface area contributed by atoms with Crippen LogP contribution in [0.4, 0.5) is 4.39 Å². The van der Waals surface area contributed by atoms with Crippen molar-refractivity contribution in [1.82, 2.24) is 5.32 Å². The first kappa shape index (κ1) is 14.1. The summed E-state index contributed by atoms with van der Waals surface area (Å²) in [5.74, 6) is 0.594. The standard InChI is InChI=1S/C18H20FNO/c1-2-20-17-12-15(10-13-6-4-3-5-7-13)21-18-9-8-14(19)11-16(17)18/h3-9,11,15,17,20H,2,10,12H2,1H3. The molecular weight excluding hydrogens is 265 g/mol. The van der Waals surface area contributed by atoms with Crippen molar-refractivity contribution >= 4 is 0 Å². The van der Waals surface area contributed by atoms with E-state index >= 15 is 0 Å². The van der Waals surface area contributed by atoms with Crippen molar-refractivity contribution in [3.8, 4) is 5.75 Å². The number of halogens is 1. The molecule has 21 heavy (non-hydrogen) atoms. The highest BCUT2D eigenvalue weighted by molar-refractivity contribution is 5.38. The molecule has 2 unspecified atom stereocenters. The molecule has 110 valence electrons. The van der Waals surface area contributed by atoms with Gasteiger partial charge in [0.15, 0.2) is 0 Å². The third-order valence-corrected chi connectivity index (χ3v) is 3.90. The first-order chi connectivity index (χ1) is 10.3. The molecule has 1 aliphatic rings. The van der Waals surface area contributed by atoms with Crippen LogP contribution in [-0.2, 0) is 6.42 Å². The van der Waals surface area contributed by atoms with Gasteiger partial charge in [-0.15, -0.1) is 0 Å². The summed E-state index contributed by atoms with van der Waals surface area (Å²) in [5, 5.41) is 3.44. The number of nitrogens with one attached hydrogen (secondary N) is 1. The summed E-state index contributed by atoms with van der Waals surface area (Å²) < 4.78 is 19.5. The van der Waals surface area contributed by atoms with Gasteiger partial charge in [-0.25, -0.2) is 4.39 Å². The van der Waals surface area contributed by atoms with E-state index in [0.29, 0.717) is 0 Å². The largest absolute Gasteiger partial charge is 0.490 e. The topological polar surface area (TPSA) is 21.3 Å². The van der Waals surface area contributed by atoms with Crippen LogP contribution < -0.4 is 10.1 Å². The first-order valence-electron chi connectivity index (χ1n) is 7.49. The number of rotatable bonds is 4. The molecule has 2 nitrogen and oxygen atoms in total. The molecule has 1 aliphatic heterocycles. The molecule has 2 atom stereocenters. The van der Waals surface area contributed by atoms with Crippen LogP contribution in [0.2, 0.25) is 0 Å². The number of benzene rings is 2. The van der Waals surface area contributed by atoms with Crippen molar-refractivity contribution in [2.24, 2.45) is 0 Å². The van der Waals surface area contributed by atoms with Gasteiger partial charge in [0.25, 0.3) is 0 Å². The van der Waals surface area contributed by atoms with E-state index in [1.807, 2.05) is 18.2 Å². The quantitative estimate of drug-likeness (QED) is 0.920. The van der Waals surface area contributed by atoms with Crippen molar-refractivity contribution in [3.63, 3.8) is 0 Å². The van der Waals surface area contributed by atoms with Crippen LogP contribution in [0.15, 0.2) is 48.5 Å². The van der Waals surface area contributed by atoms with Gasteiger partial charge in [0.05, 0.1) is 0 Å². The summed E-state index contributed by atoms with van der Waals surface area (Å²) in [4.78, 5) is 0. The number of fused-ring (bicyclic) bond motifs is 1. The second kappa shape index (κ2) is 6.27. The van der Waals surface area contributed by atoms with Crippen LogP contribution in [0.5, 0.6) is 5.75 Å². The summed E-state index contributed by atoms with van der Waals surface area (Å²) in [6.45, 7) is 2.93. The summed E-state index contributed by atoms with van der Waals surface area (Å²) in [5.41, 5.74) is 2.20. The number of hydrogen-bond acceptors (Lipinski definition) is 2. The van der Waals surface area contributed by atoms with Gasteiger partial charge in [-0.1, -0.05) is 37.3 Å². The van der Waals surface area contributed by atoms with E-state index in [1.165, 1.54) is 11.6 Å². The van der Waals surface area contributed by atoms with Crippen molar-refractivity contribution in [2.75, 3.05) is 6.54 Å². The van der Waals surface area contributed by atoms with Gasteiger partial charge in [-0.05, 0) is 30.3 Å². The van der Waals surface area contributed by atoms with Gasteiger partial charge in [0.1, 0.15) is 17.7 Å². The molecule has 3 rings (SSSR count). The molecule has 2 aromatic carbocycles. The molecular formula is C18H20FNO. The van der Waals surface area contributed by atoms with Gasteiger partial charge in [0.2, 0.25) is 0 Å². The molecule has 0 fully saturated rings. The van der Waals surface area contributed by atoms with Crippen LogP contribution in [0, 0.1) is 5.82 Å². The van der Waals surface area contributed by atoms with Crippen molar-refractivity contribution in [2.45, 2.75) is 31.9 Å². The fourth-order valence-electron chi connectivity index (χ4n) is 2.96. The Hall–Kier alpha value is -1.87. The fraction of sp³-hybridized carbons (Fsp3) is 0.333. The van der Waals surface area contributed by atoms with Gasteiger partial charge >= 0.3 is 0 Å². The molecule has 0 spiro atoms. The van der Waals surface area contributed by atoms with Crippen LogP contribution in [0.1, 0.15) is 30.5 Å². The fourth-order valence-corrected chi connectivity index (χ4v) is 2.96. The third kappa shape index (κ3) is 3.24. The van der Waals surface area contributed by atoms with Gasteiger partial charge < -0.3 is 10.1 Å². The second-order valence-corrected chi connectivity index (χ2v) is 5.46. The highest BCUT2D eigenvalue weighted by Crippen LogP contribution is 2.36. The zero-order chi connectivity index (χ0) is 14.7. The molecule has 0 saturated carbocycles. The minimum absolute atomic E-state index is 0.120. The minimum Gasteiger partial charge on any atom is -0.490 e. The zero-order valence-electron chi connectivity index (χ0n) is 12.2. The lowest BCUT2D eigenvalue weighted by molar-refractivity contribution is 0.150. The molecule has 0 amide bonds. The average Bonchev–Trinajstić information content (AvgIpc) is 2.49. The zero-order valence-corrected chi connectivity index (χ0v) is 12.2. The lowest BCUT2D eigenvalue weighted by atomic mass is 9.93. The Morgan fingerprint density at radius 3 is 2.76 bits per heavy atom. The molecule has 0 radical (unpaired) electrons. The predicted molar refractivity (Wildman–Crippen MR) is 82.0 cm³/mol. The van der Waals surface area contributed by atoms with Gasteiger partial charge in [-0.3, -0.25) is 0 Å². The van der Waals surface area contributed by atoms with Crippen LogP contribution >= 0.6 is 0 Å². The predicted octanol–water partition coefficient (Wildman–Crippen LogP) is 3.87. The Morgan fingerprint density at radius 1 is 1.19 bits per heavy atom. The number of hydrogen-bond donors (Lipinski definition) is 1. The number of ether oxygens (including phenoxy) is 1. The van der Waals surface area contributed by atoms with E-state index < -0.39 is 0 Å². The summed E-state index contributed by atoms with van der Waals surface area (Å²) in [6.07, 6.45) is 1.85. The Bertz CT molecular complexity index is 599. The Kier molecular flexibility index (Phi) is 4.20. The molecule has 0 bridgehead atoms. The van der Waals surface area contributed by atoms with Crippen molar-refractivity contribution in [3.05, 3.63) is 65.5 Å². The molecule has 0 saturated heterocycles. The van der Waals surface area contributed by atoms with Gasteiger partial charge in [-0.2, -0.15) is 0 Å². The molecule has 1 N–H and O–H groups in total. The Balaban J connectivity index is 1.82. The van der Waals surface area contributed by atoms with Crippen LogP contribution in [0.3, 0.4) is 0 Å². The Morgan fingerprint density at radius 2 is 2.00 bits per heavy atom. The van der Waals surface area contributed by atoms with E-state index in [9.17, 15) is 4.39 Å². The maximum atomic E-state index is 13.5. The lowest BCUT2D eigenvalue weighted by Gasteiger charge is -2.33. The normalized spacial score (nSPS) is 20.7. The molecule has 3 heteroatoms. The molecule has 0 aliphatic carbocycles. The highest BCUT2D eigenvalue weighted by Gasteiger charge is 2.28. The maximum Gasteiger partial charge on any atom is 0.124 e.